The number of carbonyl (C=O) groups is 2. The first-order valence-electron chi connectivity index (χ1n) is 11.2. The van der Waals surface area contributed by atoms with Crippen LogP contribution in [0.1, 0.15) is 39.2 Å². The Balaban J connectivity index is 1.81. The van der Waals surface area contributed by atoms with E-state index in [0.717, 1.165) is 11.3 Å². The quantitative estimate of drug-likeness (QED) is 0.534. The highest BCUT2D eigenvalue weighted by molar-refractivity contribution is 7.89. The molecule has 1 atom stereocenters. The predicted octanol–water partition coefficient (Wildman–Crippen LogP) is 3.98. The van der Waals surface area contributed by atoms with E-state index in [1.165, 1.54) is 13.2 Å². The summed E-state index contributed by atoms with van der Waals surface area (Å²) in [4.78, 5) is 26.9. The van der Waals surface area contributed by atoms with Crippen LogP contribution < -0.4 is 19.7 Å². The molecule has 0 aliphatic carbocycles. The fourth-order valence-corrected chi connectivity index (χ4v) is 5.42. The van der Waals surface area contributed by atoms with Gasteiger partial charge < -0.3 is 15.0 Å². The van der Waals surface area contributed by atoms with Gasteiger partial charge >= 0.3 is 0 Å². The van der Waals surface area contributed by atoms with Gasteiger partial charge in [-0.25, -0.2) is 8.42 Å². The molecule has 1 aliphatic heterocycles. The van der Waals surface area contributed by atoms with Crippen molar-refractivity contribution in [3.8, 4) is 5.75 Å². The Hall–Kier alpha value is -2.62. The summed E-state index contributed by atoms with van der Waals surface area (Å²) in [6.45, 7) is 6.14. The number of rotatable bonds is 9. The van der Waals surface area contributed by atoms with Crippen LogP contribution in [0.25, 0.3) is 0 Å². The van der Waals surface area contributed by atoms with Gasteiger partial charge in [0.1, 0.15) is 11.8 Å². The molecule has 2 aromatic rings. The second-order valence-corrected chi connectivity index (χ2v) is 10.7. The van der Waals surface area contributed by atoms with Gasteiger partial charge in [0.15, 0.2) is 0 Å². The van der Waals surface area contributed by atoms with Crippen LogP contribution in [0.2, 0.25) is 5.02 Å². The van der Waals surface area contributed by atoms with E-state index in [1.807, 2.05) is 13.8 Å². The summed E-state index contributed by atoms with van der Waals surface area (Å²) >= 11 is 6.14. The van der Waals surface area contributed by atoms with Crippen LogP contribution in [0.4, 0.5) is 11.4 Å². The standard InChI is InChI=1S/C24H30ClN3O5S/c1-5-23(29)28-11-10-16-13-18(7-8-21(16)28)34(31,32)27-20(12-15(2)3)24(30)26-17-6-9-22(33-4)19(25)14-17/h6-9,13-15,20,27H,5,10-12H2,1-4H3,(H,26,30)/t20-/m1/s1. The normalized spacial score (nSPS) is 14.1. The number of carbonyl (C=O) groups excluding carboxylic acids is 2. The van der Waals surface area contributed by atoms with E-state index < -0.39 is 22.0 Å². The average Bonchev–Trinajstić information content (AvgIpc) is 3.21. The maximum Gasteiger partial charge on any atom is 0.242 e. The molecule has 0 unspecified atom stereocenters. The van der Waals surface area contributed by atoms with Gasteiger partial charge in [-0.15, -0.1) is 0 Å². The number of fused-ring (bicyclic) bond motifs is 1. The first-order chi connectivity index (χ1) is 16.1. The molecule has 1 heterocycles. The van der Waals surface area contributed by atoms with Crippen LogP contribution in [0.15, 0.2) is 41.3 Å². The van der Waals surface area contributed by atoms with Crippen molar-refractivity contribution in [3.63, 3.8) is 0 Å². The van der Waals surface area contributed by atoms with Crippen molar-refractivity contribution in [1.82, 2.24) is 4.72 Å². The van der Waals surface area contributed by atoms with Gasteiger partial charge in [-0.1, -0.05) is 32.4 Å². The second-order valence-electron chi connectivity index (χ2n) is 8.58. The maximum atomic E-state index is 13.2. The van der Waals surface area contributed by atoms with Crippen molar-refractivity contribution < 1.29 is 22.7 Å². The van der Waals surface area contributed by atoms with Gasteiger partial charge in [0.2, 0.25) is 21.8 Å². The molecular weight excluding hydrogens is 478 g/mol. The molecule has 0 aromatic heterocycles. The first-order valence-corrected chi connectivity index (χ1v) is 13.0. The van der Waals surface area contributed by atoms with Gasteiger partial charge in [0.05, 0.1) is 17.0 Å². The Labute approximate surface area is 205 Å². The van der Waals surface area contributed by atoms with E-state index in [-0.39, 0.29) is 16.7 Å². The van der Waals surface area contributed by atoms with Crippen molar-refractivity contribution in [2.24, 2.45) is 5.92 Å². The molecule has 0 fully saturated rings. The Morgan fingerprint density at radius 1 is 1.18 bits per heavy atom. The summed E-state index contributed by atoms with van der Waals surface area (Å²) in [5.74, 6) is 0.0422. The Morgan fingerprint density at radius 2 is 1.91 bits per heavy atom. The molecular formula is C24H30ClN3O5S. The number of ether oxygens (including phenoxy) is 1. The largest absolute Gasteiger partial charge is 0.495 e. The van der Waals surface area contributed by atoms with Gasteiger partial charge in [-0.05, 0) is 60.7 Å². The molecule has 0 spiro atoms. The molecule has 2 aromatic carbocycles. The summed E-state index contributed by atoms with van der Waals surface area (Å²) in [5, 5.41) is 3.06. The number of hydrogen-bond donors (Lipinski definition) is 2. The Morgan fingerprint density at radius 3 is 2.53 bits per heavy atom. The SMILES string of the molecule is CCC(=O)N1CCc2cc(S(=O)(=O)N[C@H](CC(C)C)C(=O)Nc3ccc(OC)c(Cl)c3)ccc21. The molecule has 10 heteroatoms. The van der Waals surface area contributed by atoms with Crippen LogP contribution >= 0.6 is 11.6 Å². The van der Waals surface area contributed by atoms with Crippen LogP contribution in [-0.2, 0) is 26.0 Å². The minimum atomic E-state index is -3.99. The van der Waals surface area contributed by atoms with Gasteiger partial charge in [0, 0.05) is 24.3 Å². The van der Waals surface area contributed by atoms with Crippen molar-refractivity contribution in [1.29, 1.82) is 0 Å². The van der Waals surface area contributed by atoms with Crippen LogP contribution in [0, 0.1) is 5.92 Å². The molecule has 184 valence electrons. The van der Waals surface area contributed by atoms with Gasteiger partial charge in [0.25, 0.3) is 0 Å². The molecule has 2 amide bonds. The molecule has 34 heavy (non-hydrogen) atoms. The summed E-state index contributed by atoms with van der Waals surface area (Å²) in [6, 6.07) is 8.51. The van der Waals surface area contributed by atoms with Crippen LogP contribution in [0.5, 0.6) is 5.75 Å². The Bertz CT molecular complexity index is 1180. The van der Waals surface area contributed by atoms with E-state index in [0.29, 0.717) is 42.3 Å². The molecule has 0 radical (unpaired) electrons. The maximum absolute atomic E-state index is 13.2. The monoisotopic (exact) mass is 507 g/mol. The van der Waals surface area contributed by atoms with E-state index in [9.17, 15) is 18.0 Å². The lowest BCUT2D eigenvalue weighted by Gasteiger charge is -2.21. The smallest absolute Gasteiger partial charge is 0.242 e. The number of sulfonamides is 1. The summed E-state index contributed by atoms with van der Waals surface area (Å²) < 4.78 is 34.0. The second kappa shape index (κ2) is 10.8. The molecule has 1 aliphatic rings. The lowest BCUT2D eigenvalue weighted by molar-refractivity contribution is -0.118. The number of anilines is 2. The number of amides is 2. The number of nitrogens with zero attached hydrogens (tertiary/aromatic N) is 1. The molecule has 0 saturated carbocycles. The van der Waals surface area contributed by atoms with E-state index >= 15 is 0 Å². The zero-order valence-corrected chi connectivity index (χ0v) is 21.3. The van der Waals surface area contributed by atoms with Crippen LogP contribution in [-0.4, -0.2) is 39.9 Å². The third-order valence-corrected chi connectivity index (χ3v) is 7.37. The minimum absolute atomic E-state index is 0.000198. The molecule has 0 saturated heterocycles. The van der Waals surface area contributed by atoms with Crippen molar-refractivity contribution in [3.05, 3.63) is 47.0 Å². The number of nitrogens with one attached hydrogen (secondary N) is 2. The van der Waals surface area contributed by atoms with Crippen molar-refractivity contribution in [2.75, 3.05) is 23.9 Å². The number of methoxy groups -OCH3 is 1. The Kier molecular flexibility index (Phi) is 8.22. The molecule has 8 nitrogen and oxygen atoms in total. The van der Waals surface area contributed by atoms with E-state index in [4.69, 9.17) is 16.3 Å². The lowest BCUT2D eigenvalue weighted by Crippen LogP contribution is -2.44. The summed E-state index contributed by atoms with van der Waals surface area (Å²) in [6.07, 6.45) is 1.27. The van der Waals surface area contributed by atoms with Crippen LogP contribution in [0.3, 0.4) is 0 Å². The van der Waals surface area contributed by atoms with E-state index in [2.05, 4.69) is 10.0 Å². The van der Waals surface area contributed by atoms with Crippen molar-refractivity contribution >= 4 is 44.8 Å². The number of benzene rings is 2. The zero-order chi connectivity index (χ0) is 25.0. The topological polar surface area (TPSA) is 105 Å². The highest BCUT2D eigenvalue weighted by Crippen LogP contribution is 2.31. The van der Waals surface area contributed by atoms with Gasteiger partial charge in [-0.3, -0.25) is 9.59 Å². The highest BCUT2D eigenvalue weighted by Gasteiger charge is 2.29. The fraction of sp³-hybridized carbons (Fsp3) is 0.417. The first kappa shape index (κ1) is 26.0. The highest BCUT2D eigenvalue weighted by atomic mass is 35.5. The molecule has 0 bridgehead atoms. The number of halogens is 1. The molecule has 3 rings (SSSR count). The number of hydrogen-bond acceptors (Lipinski definition) is 5. The van der Waals surface area contributed by atoms with Gasteiger partial charge in [-0.2, -0.15) is 4.72 Å². The van der Waals surface area contributed by atoms with E-state index in [1.54, 1.807) is 42.2 Å². The fourth-order valence-electron chi connectivity index (χ4n) is 3.90. The van der Waals surface area contributed by atoms with Crippen molar-refractivity contribution in [2.45, 2.75) is 51.0 Å². The summed E-state index contributed by atoms with van der Waals surface area (Å²) in [7, 11) is -2.50. The summed E-state index contributed by atoms with van der Waals surface area (Å²) in [5.41, 5.74) is 1.96. The average molecular weight is 508 g/mol. The third kappa shape index (κ3) is 5.89. The zero-order valence-electron chi connectivity index (χ0n) is 19.7. The minimum Gasteiger partial charge on any atom is -0.495 e. The molecule has 2 N–H and O–H groups in total. The lowest BCUT2D eigenvalue weighted by atomic mass is 10.0. The third-order valence-electron chi connectivity index (χ3n) is 5.60. The predicted molar refractivity (Wildman–Crippen MR) is 133 cm³/mol.